The predicted octanol–water partition coefficient (Wildman–Crippen LogP) is 3.17. The zero-order valence-corrected chi connectivity index (χ0v) is 12.1. The third kappa shape index (κ3) is 1.67. The predicted molar refractivity (Wildman–Crippen MR) is 77.7 cm³/mol. The number of fused-ring (bicyclic) bond motifs is 3. The Hall–Kier alpha value is -1.30. The molecule has 1 aromatic carbocycles. The zero-order valence-electron chi connectivity index (χ0n) is 9.92. The Morgan fingerprint density at radius 2 is 2.11 bits per heavy atom. The maximum Gasteiger partial charge on any atom is 0.355 e. The Bertz CT molecular complexity index is 631. The van der Waals surface area contributed by atoms with Crippen molar-refractivity contribution in [3.8, 4) is 11.3 Å². The molecule has 3 rings (SSSR count). The highest BCUT2D eigenvalue weighted by molar-refractivity contribution is 14.1. The van der Waals surface area contributed by atoms with Gasteiger partial charge >= 0.3 is 5.97 Å². The highest BCUT2D eigenvalue weighted by Crippen LogP contribution is 2.36. The molecule has 4 heteroatoms. The van der Waals surface area contributed by atoms with E-state index in [2.05, 4.69) is 45.8 Å². The van der Waals surface area contributed by atoms with Gasteiger partial charge in [-0.2, -0.15) is 0 Å². The molecule has 0 aliphatic heterocycles. The van der Waals surface area contributed by atoms with Crippen LogP contribution in [-0.4, -0.2) is 18.1 Å². The summed E-state index contributed by atoms with van der Waals surface area (Å²) in [5.74, 6) is -0.300. The molecule has 0 saturated carbocycles. The molecule has 1 heterocycles. The molecule has 0 spiro atoms. The molecule has 3 nitrogen and oxygen atoms in total. The number of H-pyrrole nitrogens is 1. The molecule has 2 aromatic rings. The minimum Gasteiger partial charge on any atom is -0.464 e. The maximum atomic E-state index is 11.7. The Kier molecular flexibility index (Phi) is 2.89. The summed E-state index contributed by atoms with van der Waals surface area (Å²) in [6.07, 6.45) is 2.00. The van der Waals surface area contributed by atoms with Crippen LogP contribution in [0.3, 0.4) is 0 Å². The Labute approximate surface area is 119 Å². The van der Waals surface area contributed by atoms with E-state index < -0.39 is 0 Å². The monoisotopic (exact) mass is 353 g/mol. The molecule has 1 aliphatic carbocycles. The second-order valence-corrected chi connectivity index (χ2v) is 5.40. The number of halogens is 1. The largest absolute Gasteiger partial charge is 0.464 e. The second kappa shape index (κ2) is 4.42. The summed E-state index contributed by atoms with van der Waals surface area (Å²) in [4.78, 5) is 14.9. The standard InChI is InChI=1S/C14H12INO2/c1-18-14(17)13-11(15)10-7-6-8-4-2-3-5-9(8)12(10)16-13/h2-5,16H,6-7H2,1H3. The molecule has 0 fully saturated rings. The van der Waals surface area contributed by atoms with Gasteiger partial charge in [-0.05, 0) is 46.6 Å². The third-order valence-electron chi connectivity index (χ3n) is 3.36. The third-order valence-corrected chi connectivity index (χ3v) is 4.55. The lowest BCUT2D eigenvalue weighted by Gasteiger charge is -2.16. The van der Waals surface area contributed by atoms with Gasteiger partial charge in [0.25, 0.3) is 0 Å². The van der Waals surface area contributed by atoms with Crippen LogP contribution in [-0.2, 0) is 17.6 Å². The molecular weight excluding hydrogens is 341 g/mol. The topological polar surface area (TPSA) is 42.1 Å². The van der Waals surface area contributed by atoms with E-state index in [9.17, 15) is 4.79 Å². The SMILES string of the molecule is COC(=O)c1[nH]c2c(c1I)CCc1ccccc1-2. The van der Waals surface area contributed by atoms with Gasteiger partial charge in [0.15, 0.2) is 0 Å². The number of hydrogen-bond acceptors (Lipinski definition) is 2. The molecule has 0 atom stereocenters. The molecule has 0 radical (unpaired) electrons. The Morgan fingerprint density at radius 1 is 1.33 bits per heavy atom. The molecule has 92 valence electrons. The van der Waals surface area contributed by atoms with Crippen molar-refractivity contribution in [2.75, 3.05) is 7.11 Å². The number of ether oxygens (including phenoxy) is 1. The van der Waals surface area contributed by atoms with Gasteiger partial charge in [-0.25, -0.2) is 4.79 Å². The van der Waals surface area contributed by atoms with Crippen molar-refractivity contribution >= 4 is 28.6 Å². The fraction of sp³-hybridized carbons (Fsp3) is 0.214. The lowest BCUT2D eigenvalue weighted by atomic mass is 9.90. The quantitative estimate of drug-likeness (QED) is 0.632. The van der Waals surface area contributed by atoms with Gasteiger partial charge in [-0.3, -0.25) is 0 Å². The van der Waals surface area contributed by atoms with Crippen LogP contribution in [0.25, 0.3) is 11.3 Å². The summed E-state index contributed by atoms with van der Waals surface area (Å²) in [7, 11) is 1.41. The number of aryl methyl sites for hydroxylation is 1. The van der Waals surface area contributed by atoms with E-state index in [1.807, 2.05) is 6.07 Å². The van der Waals surface area contributed by atoms with Crippen molar-refractivity contribution in [3.63, 3.8) is 0 Å². The van der Waals surface area contributed by atoms with Crippen molar-refractivity contribution in [1.82, 2.24) is 4.98 Å². The van der Waals surface area contributed by atoms with Crippen molar-refractivity contribution in [1.29, 1.82) is 0 Å². The summed E-state index contributed by atoms with van der Waals surface area (Å²) in [5.41, 5.74) is 5.40. The highest BCUT2D eigenvalue weighted by Gasteiger charge is 2.25. The molecule has 1 N–H and O–H groups in total. The van der Waals surface area contributed by atoms with E-state index in [1.54, 1.807) is 0 Å². The Balaban J connectivity index is 2.20. The van der Waals surface area contributed by atoms with Gasteiger partial charge in [0.1, 0.15) is 5.69 Å². The van der Waals surface area contributed by atoms with Crippen LogP contribution in [0.4, 0.5) is 0 Å². The van der Waals surface area contributed by atoms with E-state index in [0.29, 0.717) is 5.69 Å². The van der Waals surface area contributed by atoms with Gasteiger partial charge < -0.3 is 9.72 Å². The summed E-state index contributed by atoms with van der Waals surface area (Å²) in [6.45, 7) is 0. The molecule has 0 saturated heterocycles. The average Bonchev–Trinajstić information content (AvgIpc) is 2.76. The number of carbonyl (C=O) groups is 1. The number of hydrogen-bond donors (Lipinski definition) is 1. The van der Waals surface area contributed by atoms with E-state index in [0.717, 1.165) is 22.1 Å². The number of aromatic amines is 1. The number of aromatic nitrogens is 1. The summed E-state index contributed by atoms with van der Waals surface area (Å²) >= 11 is 2.22. The van der Waals surface area contributed by atoms with Gasteiger partial charge in [0.2, 0.25) is 0 Å². The molecule has 18 heavy (non-hydrogen) atoms. The number of methoxy groups -OCH3 is 1. The van der Waals surface area contributed by atoms with Crippen LogP contribution in [0, 0.1) is 3.57 Å². The molecule has 1 aliphatic rings. The van der Waals surface area contributed by atoms with E-state index in [4.69, 9.17) is 4.74 Å². The summed E-state index contributed by atoms with van der Waals surface area (Å²) in [6, 6.07) is 8.32. The fourth-order valence-corrected chi connectivity index (χ4v) is 3.36. The van der Waals surface area contributed by atoms with Crippen molar-refractivity contribution in [2.24, 2.45) is 0 Å². The average molecular weight is 353 g/mol. The molecule has 0 bridgehead atoms. The highest BCUT2D eigenvalue weighted by atomic mass is 127. The minimum absolute atomic E-state index is 0.300. The van der Waals surface area contributed by atoms with Crippen LogP contribution in [0.2, 0.25) is 0 Å². The van der Waals surface area contributed by atoms with Gasteiger partial charge in [-0.1, -0.05) is 24.3 Å². The smallest absolute Gasteiger partial charge is 0.355 e. The van der Waals surface area contributed by atoms with Gasteiger partial charge in [0.05, 0.1) is 12.8 Å². The number of rotatable bonds is 1. The molecule has 1 aromatic heterocycles. The van der Waals surface area contributed by atoms with Crippen molar-refractivity contribution < 1.29 is 9.53 Å². The Morgan fingerprint density at radius 3 is 2.89 bits per heavy atom. The first-order chi connectivity index (χ1) is 8.72. The van der Waals surface area contributed by atoms with Crippen LogP contribution in [0.5, 0.6) is 0 Å². The normalized spacial score (nSPS) is 12.8. The van der Waals surface area contributed by atoms with Crippen LogP contribution >= 0.6 is 22.6 Å². The first-order valence-corrected chi connectivity index (χ1v) is 6.87. The zero-order chi connectivity index (χ0) is 12.7. The number of esters is 1. The maximum absolute atomic E-state index is 11.7. The molecular formula is C14H12INO2. The first kappa shape index (κ1) is 11.8. The number of carbonyl (C=O) groups excluding carboxylic acids is 1. The summed E-state index contributed by atoms with van der Waals surface area (Å²) < 4.78 is 5.80. The second-order valence-electron chi connectivity index (χ2n) is 4.32. The van der Waals surface area contributed by atoms with Crippen LogP contribution in [0.1, 0.15) is 21.6 Å². The number of nitrogens with one attached hydrogen (secondary N) is 1. The lowest BCUT2D eigenvalue weighted by Crippen LogP contribution is -2.03. The van der Waals surface area contributed by atoms with Crippen LogP contribution in [0.15, 0.2) is 24.3 Å². The van der Waals surface area contributed by atoms with Crippen LogP contribution < -0.4 is 0 Å². The number of benzene rings is 1. The molecule has 0 amide bonds. The van der Waals surface area contributed by atoms with E-state index >= 15 is 0 Å². The fourth-order valence-electron chi connectivity index (χ4n) is 2.47. The van der Waals surface area contributed by atoms with Crippen molar-refractivity contribution in [3.05, 3.63) is 44.7 Å². The lowest BCUT2D eigenvalue weighted by molar-refractivity contribution is 0.0593. The molecule has 0 unspecified atom stereocenters. The van der Waals surface area contributed by atoms with Gasteiger partial charge in [0, 0.05) is 9.13 Å². The van der Waals surface area contributed by atoms with Gasteiger partial charge in [-0.15, -0.1) is 0 Å². The van der Waals surface area contributed by atoms with Crippen molar-refractivity contribution in [2.45, 2.75) is 12.8 Å². The first-order valence-electron chi connectivity index (χ1n) is 5.79. The van der Waals surface area contributed by atoms with E-state index in [1.165, 1.54) is 23.8 Å². The van der Waals surface area contributed by atoms with E-state index in [-0.39, 0.29) is 5.97 Å². The minimum atomic E-state index is -0.300. The summed E-state index contributed by atoms with van der Waals surface area (Å²) in [5, 5.41) is 0.